The minimum Gasteiger partial charge on any atom is -0.493 e. The van der Waals surface area contributed by atoms with Crippen molar-refractivity contribution < 1.29 is 14.3 Å². The Morgan fingerprint density at radius 2 is 2.00 bits per heavy atom. The molecule has 0 bridgehead atoms. The van der Waals surface area contributed by atoms with Gasteiger partial charge in [-0.05, 0) is 75.2 Å². The third-order valence-corrected chi connectivity index (χ3v) is 8.20. The van der Waals surface area contributed by atoms with Gasteiger partial charge >= 0.3 is 6.03 Å². The summed E-state index contributed by atoms with van der Waals surface area (Å²) in [6.07, 6.45) is 4.00. The molecule has 0 radical (unpaired) electrons. The number of ether oxygens (including phenoxy) is 2. The second kappa shape index (κ2) is 8.83. The first-order chi connectivity index (χ1) is 16.0. The molecule has 2 fully saturated rings. The van der Waals surface area contributed by atoms with Crippen molar-refractivity contribution >= 4 is 33.3 Å². The van der Waals surface area contributed by atoms with Crippen molar-refractivity contribution in [3.8, 4) is 11.5 Å². The van der Waals surface area contributed by atoms with Gasteiger partial charge in [0.25, 0.3) is 0 Å². The molecule has 1 aromatic heterocycles. The first-order valence-corrected chi connectivity index (χ1v) is 12.2. The maximum atomic E-state index is 12.8. The van der Waals surface area contributed by atoms with E-state index in [4.69, 9.17) is 9.47 Å². The number of aromatic nitrogens is 1. The van der Waals surface area contributed by atoms with Gasteiger partial charge in [0, 0.05) is 23.2 Å². The number of carbonyl (C=O) groups excluding carboxylic acids is 1. The number of hydrogen-bond acceptors (Lipinski definition) is 6. The highest BCUT2D eigenvalue weighted by Crippen LogP contribution is 2.49. The van der Waals surface area contributed by atoms with Crippen LogP contribution < -0.4 is 20.1 Å². The first kappa shape index (κ1) is 22.0. The summed E-state index contributed by atoms with van der Waals surface area (Å²) in [5.74, 6) is 1.53. The summed E-state index contributed by atoms with van der Waals surface area (Å²) in [7, 11) is 5.54. The molecule has 3 aromatic rings. The Bertz CT molecular complexity index is 1170. The predicted octanol–water partition coefficient (Wildman–Crippen LogP) is 4.63. The molecule has 1 saturated heterocycles. The van der Waals surface area contributed by atoms with E-state index in [1.165, 1.54) is 5.56 Å². The Labute approximate surface area is 198 Å². The summed E-state index contributed by atoms with van der Waals surface area (Å²) in [4.78, 5) is 19.5. The molecule has 2 amide bonds. The van der Waals surface area contributed by atoms with E-state index in [0.29, 0.717) is 6.04 Å². The van der Waals surface area contributed by atoms with E-state index in [-0.39, 0.29) is 17.5 Å². The third-order valence-electron chi connectivity index (χ3n) is 7.41. The highest BCUT2D eigenvalue weighted by molar-refractivity contribution is 7.16. The number of carbonyl (C=O) groups is 1. The quantitative estimate of drug-likeness (QED) is 0.573. The van der Waals surface area contributed by atoms with Crippen LogP contribution in [0.1, 0.15) is 31.2 Å². The van der Waals surface area contributed by atoms with E-state index in [2.05, 4.69) is 39.7 Å². The molecule has 2 heterocycles. The second-order valence-electron chi connectivity index (χ2n) is 9.08. The number of nitrogens with zero attached hydrogens (tertiary/aromatic N) is 2. The summed E-state index contributed by atoms with van der Waals surface area (Å²) in [6.45, 7) is 1.05. The number of hydrogen-bond donors (Lipinski definition) is 2. The number of fused-ring (bicyclic) bond motifs is 2. The lowest BCUT2D eigenvalue weighted by Gasteiger charge is -2.45. The zero-order valence-corrected chi connectivity index (χ0v) is 20.1. The fraction of sp³-hybridized carbons (Fsp3) is 0.440. The van der Waals surface area contributed by atoms with E-state index < -0.39 is 0 Å². The van der Waals surface area contributed by atoms with Crippen molar-refractivity contribution in [1.29, 1.82) is 0 Å². The van der Waals surface area contributed by atoms with E-state index in [1.54, 1.807) is 25.6 Å². The molecule has 0 unspecified atom stereocenters. The standard InChI is InChI=1S/C25H30N4O3S/c1-29-11-10-25(16-4-7-20(31-2)21(12-16)32-3)9-8-18(14-23(25)29)28-24(30)27-17-5-6-19-22(13-17)33-15-26-19/h4-7,12-13,15,18,23H,8-11,14H2,1-3H3,(H2,27,28,30)/t18-,23+,25-/m0/s1. The zero-order valence-electron chi connectivity index (χ0n) is 19.3. The lowest BCUT2D eigenvalue weighted by molar-refractivity contribution is 0.156. The molecular formula is C25H30N4O3S. The fourth-order valence-corrected chi connectivity index (χ4v) is 6.40. The fourth-order valence-electron chi connectivity index (χ4n) is 5.68. The van der Waals surface area contributed by atoms with Gasteiger partial charge in [0.1, 0.15) is 0 Å². The van der Waals surface area contributed by atoms with Crippen LogP contribution >= 0.6 is 11.3 Å². The smallest absolute Gasteiger partial charge is 0.319 e. The summed E-state index contributed by atoms with van der Waals surface area (Å²) in [5.41, 5.74) is 4.93. The van der Waals surface area contributed by atoms with Gasteiger partial charge in [-0.1, -0.05) is 6.07 Å². The SMILES string of the molecule is COc1ccc([C@@]23CC[C@H](NC(=O)Nc4ccc5ncsc5c4)C[C@H]2N(C)CC3)cc1OC. The number of nitrogens with one attached hydrogen (secondary N) is 2. The Morgan fingerprint density at radius 1 is 1.15 bits per heavy atom. The van der Waals surface area contributed by atoms with E-state index in [9.17, 15) is 4.79 Å². The summed E-state index contributed by atoms with van der Waals surface area (Å²) >= 11 is 1.57. The van der Waals surface area contributed by atoms with E-state index in [0.717, 1.165) is 59.6 Å². The van der Waals surface area contributed by atoms with Crippen molar-refractivity contribution in [3.05, 3.63) is 47.5 Å². The van der Waals surface area contributed by atoms with Gasteiger partial charge in [0.05, 0.1) is 29.9 Å². The number of urea groups is 1. The molecule has 2 aromatic carbocycles. The average Bonchev–Trinajstić information content (AvgIpc) is 3.43. The predicted molar refractivity (Wildman–Crippen MR) is 132 cm³/mol. The van der Waals surface area contributed by atoms with Crippen LogP contribution in [0.5, 0.6) is 11.5 Å². The Morgan fingerprint density at radius 3 is 2.82 bits per heavy atom. The maximum absolute atomic E-state index is 12.8. The number of thiazole rings is 1. The number of rotatable bonds is 5. The van der Waals surface area contributed by atoms with Gasteiger partial charge < -0.3 is 25.0 Å². The third kappa shape index (κ3) is 4.02. The van der Waals surface area contributed by atoms with Crippen molar-refractivity contribution in [1.82, 2.24) is 15.2 Å². The normalized spacial score (nSPS) is 24.9. The summed E-state index contributed by atoms with van der Waals surface area (Å²) in [6, 6.07) is 12.5. The number of amides is 2. The lowest BCUT2D eigenvalue weighted by atomic mass is 9.65. The molecule has 0 spiro atoms. The van der Waals surface area contributed by atoms with Crippen LogP contribution in [0.3, 0.4) is 0 Å². The Kier molecular flexibility index (Phi) is 5.88. The Hall–Kier alpha value is -2.84. The number of methoxy groups -OCH3 is 2. The molecule has 2 aliphatic rings. The van der Waals surface area contributed by atoms with E-state index in [1.807, 2.05) is 29.8 Å². The van der Waals surface area contributed by atoms with Gasteiger partial charge in [-0.15, -0.1) is 11.3 Å². The minimum atomic E-state index is -0.150. The highest BCUT2D eigenvalue weighted by Gasteiger charge is 2.50. The molecule has 8 heteroatoms. The minimum absolute atomic E-state index is 0.0696. The van der Waals surface area contributed by atoms with Crippen molar-refractivity contribution in [2.24, 2.45) is 0 Å². The molecule has 5 rings (SSSR count). The van der Waals surface area contributed by atoms with Crippen molar-refractivity contribution in [2.45, 2.75) is 43.2 Å². The lowest BCUT2D eigenvalue weighted by Crippen LogP contribution is -2.52. The molecule has 174 valence electrons. The molecule has 33 heavy (non-hydrogen) atoms. The molecule has 1 saturated carbocycles. The summed E-state index contributed by atoms with van der Waals surface area (Å²) in [5, 5.41) is 6.21. The van der Waals surface area contributed by atoms with Crippen LogP contribution in [-0.4, -0.2) is 55.8 Å². The highest BCUT2D eigenvalue weighted by atomic mass is 32.1. The molecule has 1 aliphatic heterocycles. The Balaban J connectivity index is 1.29. The molecule has 7 nitrogen and oxygen atoms in total. The van der Waals surface area contributed by atoms with Gasteiger partial charge in [-0.3, -0.25) is 0 Å². The van der Waals surface area contributed by atoms with Crippen LogP contribution in [0.15, 0.2) is 41.9 Å². The van der Waals surface area contributed by atoms with Crippen LogP contribution in [0.2, 0.25) is 0 Å². The average molecular weight is 467 g/mol. The van der Waals surface area contributed by atoms with Crippen molar-refractivity contribution in [3.63, 3.8) is 0 Å². The number of likely N-dealkylation sites (N-methyl/N-ethyl adjacent to an activating group) is 1. The topological polar surface area (TPSA) is 75.7 Å². The first-order valence-electron chi connectivity index (χ1n) is 11.4. The molecule has 1 aliphatic carbocycles. The molecule has 3 atom stereocenters. The van der Waals surface area contributed by atoms with Crippen LogP contribution in [0.4, 0.5) is 10.5 Å². The summed E-state index contributed by atoms with van der Waals surface area (Å²) < 4.78 is 12.1. The molecular weight excluding hydrogens is 436 g/mol. The number of likely N-dealkylation sites (tertiary alicyclic amines) is 1. The monoisotopic (exact) mass is 466 g/mol. The second-order valence-corrected chi connectivity index (χ2v) is 9.96. The number of anilines is 1. The van der Waals surface area contributed by atoms with Gasteiger partial charge in [0.15, 0.2) is 11.5 Å². The van der Waals surface area contributed by atoms with E-state index >= 15 is 0 Å². The van der Waals surface area contributed by atoms with Gasteiger partial charge in [0.2, 0.25) is 0 Å². The number of benzene rings is 2. The zero-order chi connectivity index (χ0) is 23.0. The largest absolute Gasteiger partial charge is 0.493 e. The van der Waals surface area contributed by atoms with Crippen LogP contribution in [-0.2, 0) is 5.41 Å². The van der Waals surface area contributed by atoms with Crippen LogP contribution in [0.25, 0.3) is 10.2 Å². The van der Waals surface area contributed by atoms with Crippen LogP contribution in [0, 0.1) is 0 Å². The van der Waals surface area contributed by atoms with Gasteiger partial charge in [-0.2, -0.15) is 0 Å². The van der Waals surface area contributed by atoms with Gasteiger partial charge in [-0.25, -0.2) is 9.78 Å². The maximum Gasteiger partial charge on any atom is 0.319 e. The molecule has 2 N–H and O–H groups in total. The van der Waals surface area contributed by atoms with Crippen molar-refractivity contribution in [2.75, 3.05) is 33.1 Å².